The Morgan fingerprint density at radius 2 is 1.90 bits per heavy atom. The maximum absolute atomic E-state index is 13.0. The average Bonchev–Trinajstić information content (AvgIpc) is 2.87. The van der Waals surface area contributed by atoms with Gasteiger partial charge in [0.1, 0.15) is 5.82 Å². The van der Waals surface area contributed by atoms with E-state index in [0.29, 0.717) is 0 Å². The molecule has 0 spiro atoms. The molecule has 0 aliphatic heterocycles. The summed E-state index contributed by atoms with van der Waals surface area (Å²) in [5, 5.41) is 10.5. The summed E-state index contributed by atoms with van der Waals surface area (Å²) in [6.45, 7) is 5.97. The molecule has 0 amide bonds. The maximum atomic E-state index is 13.0. The number of halogens is 1. The zero-order valence-electron chi connectivity index (χ0n) is 13.1. The van der Waals surface area contributed by atoms with Crippen LogP contribution in [0, 0.1) is 5.82 Å². The molecule has 1 heterocycles. The van der Waals surface area contributed by atoms with Crippen molar-refractivity contribution in [3.05, 3.63) is 41.8 Å². The van der Waals surface area contributed by atoms with E-state index in [0.717, 1.165) is 29.9 Å². The zero-order valence-corrected chi connectivity index (χ0v) is 13.1. The van der Waals surface area contributed by atoms with Crippen molar-refractivity contribution < 1.29 is 4.39 Å². The third-order valence-electron chi connectivity index (χ3n) is 3.93. The van der Waals surface area contributed by atoms with Crippen molar-refractivity contribution in [2.24, 2.45) is 0 Å². The van der Waals surface area contributed by atoms with Crippen molar-refractivity contribution in [3.8, 4) is 11.3 Å². The first-order valence-electron chi connectivity index (χ1n) is 7.06. The van der Waals surface area contributed by atoms with Crippen molar-refractivity contribution in [2.45, 2.75) is 25.9 Å². The Bertz CT molecular complexity index is 572. The Hall–Kier alpha value is -1.72. The topological polar surface area (TPSA) is 44.0 Å². The largest absolute Gasteiger partial charge is 0.311 e. The summed E-state index contributed by atoms with van der Waals surface area (Å²) in [6, 6.07) is 6.44. The van der Waals surface area contributed by atoms with Gasteiger partial charge < -0.3 is 10.2 Å². The number of hydrogen-bond donors (Lipinski definition) is 2. The molecule has 0 saturated heterocycles. The van der Waals surface area contributed by atoms with Crippen LogP contribution >= 0.6 is 0 Å². The molecule has 1 aromatic carbocycles. The normalized spacial score (nSPS) is 12.1. The fraction of sp³-hybridized carbons (Fsp3) is 0.438. The van der Waals surface area contributed by atoms with Crippen LogP contribution in [0.2, 0.25) is 0 Å². The van der Waals surface area contributed by atoms with E-state index in [1.807, 2.05) is 6.20 Å². The first-order chi connectivity index (χ1) is 9.90. The minimum atomic E-state index is -0.231. The molecule has 2 rings (SSSR count). The Morgan fingerprint density at radius 1 is 1.24 bits per heavy atom. The second kappa shape index (κ2) is 6.37. The minimum Gasteiger partial charge on any atom is -0.311 e. The molecule has 0 bridgehead atoms. The van der Waals surface area contributed by atoms with Crippen LogP contribution in [0.25, 0.3) is 11.3 Å². The molecule has 0 saturated carbocycles. The minimum absolute atomic E-state index is 0.0831. The lowest BCUT2D eigenvalue weighted by atomic mass is 10.0. The van der Waals surface area contributed by atoms with Gasteiger partial charge in [0.25, 0.3) is 0 Å². The summed E-state index contributed by atoms with van der Waals surface area (Å²) in [4.78, 5) is 2.19. The highest BCUT2D eigenvalue weighted by molar-refractivity contribution is 5.62. The SMILES string of the molecule is CN(C)C(C)(C)CNCc1cn[nH]c1-c1ccc(F)cc1. The molecule has 0 aliphatic carbocycles. The van der Waals surface area contributed by atoms with E-state index in [1.165, 1.54) is 12.1 Å². The second-order valence-corrected chi connectivity index (χ2v) is 6.09. The van der Waals surface area contributed by atoms with Gasteiger partial charge in [0.2, 0.25) is 0 Å². The van der Waals surface area contributed by atoms with Gasteiger partial charge in [-0.2, -0.15) is 5.10 Å². The predicted octanol–water partition coefficient (Wildman–Crippen LogP) is 2.65. The number of H-pyrrole nitrogens is 1. The number of likely N-dealkylation sites (N-methyl/N-ethyl adjacent to an activating group) is 1. The van der Waals surface area contributed by atoms with Gasteiger partial charge in [-0.3, -0.25) is 5.10 Å². The molecule has 5 heteroatoms. The number of nitrogens with zero attached hydrogens (tertiary/aromatic N) is 2. The summed E-state index contributed by atoms with van der Waals surface area (Å²) in [5.74, 6) is -0.231. The standard InChI is InChI=1S/C16H23FN4/c1-16(2,21(3)4)11-18-9-13-10-19-20-15(13)12-5-7-14(17)8-6-12/h5-8,10,18H,9,11H2,1-4H3,(H,19,20). The Labute approximate surface area is 125 Å². The van der Waals surface area contributed by atoms with Crippen LogP contribution in [0.1, 0.15) is 19.4 Å². The predicted molar refractivity (Wildman–Crippen MR) is 83.5 cm³/mol. The monoisotopic (exact) mass is 290 g/mol. The van der Waals surface area contributed by atoms with Gasteiger partial charge in [-0.15, -0.1) is 0 Å². The molecular formula is C16H23FN4. The molecule has 114 valence electrons. The van der Waals surface area contributed by atoms with E-state index < -0.39 is 0 Å². The lowest BCUT2D eigenvalue weighted by molar-refractivity contribution is 0.190. The highest BCUT2D eigenvalue weighted by atomic mass is 19.1. The van der Waals surface area contributed by atoms with Crippen molar-refractivity contribution in [1.82, 2.24) is 20.4 Å². The molecule has 4 nitrogen and oxygen atoms in total. The van der Waals surface area contributed by atoms with Crippen molar-refractivity contribution in [3.63, 3.8) is 0 Å². The van der Waals surface area contributed by atoms with Crippen LogP contribution < -0.4 is 5.32 Å². The molecule has 0 radical (unpaired) electrons. The Balaban J connectivity index is 2.03. The van der Waals surface area contributed by atoms with Gasteiger partial charge in [0.15, 0.2) is 0 Å². The van der Waals surface area contributed by atoms with E-state index in [2.05, 4.69) is 48.4 Å². The summed E-state index contributed by atoms with van der Waals surface area (Å²) in [5.41, 5.74) is 3.04. The van der Waals surface area contributed by atoms with Crippen LogP contribution in [-0.4, -0.2) is 41.3 Å². The van der Waals surface area contributed by atoms with E-state index in [9.17, 15) is 4.39 Å². The van der Waals surface area contributed by atoms with E-state index in [1.54, 1.807) is 12.1 Å². The van der Waals surface area contributed by atoms with Crippen LogP contribution in [0.3, 0.4) is 0 Å². The molecule has 21 heavy (non-hydrogen) atoms. The third-order valence-corrected chi connectivity index (χ3v) is 3.93. The molecule has 1 aromatic heterocycles. The van der Waals surface area contributed by atoms with Gasteiger partial charge >= 0.3 is 0 Å². The maximum Gasteiger partial charge on any atom is 0.123 e. The van der Waals surface area contributed by atoms with Crippen molar-refractivity contribution >= 4 is 0 Å². The fourth-order valence-corrected chi connectivity index (χ4v) is 1.97. The smallest absolute Gasteiger partial charge is 0.123 e. The number of nitrogens with one attached hydrogen (secondary N) is 2. The van der Waals surface area contributed by atoms with Gasteiger partial charge in [-0.25, -0.2) is 4.39 Å². The molecule has 0 unspecified atom stereocenters. The van der Waals surface area contributed by atoms with Gasteiger partial charge in [-0.05, 0) is 52.2 Å². The van der Waals surface area contributed by atoms with Crippen LogP contribution in [0.15, 0.2) is 30.5 Å². The summed E-state index contributed by atoms with van der Waals surface area (Å²) in [7, 11) is 4.15. The van der Waals surface area contributed by atoms with E-state index in [-0.39, 0.29) is 11.4 Å². The number of aromatic amines is 1. The van der Waals surface area contributed by atoms with Crippen LogP contribution in [0.4, 0.5) is 4.39 Å². The first kappa shape index (κ1) is 15.7. The second-order valence-electron chi connectivity index (χ2n) is 6.09. The van der Waals surface area contributed by atoms with Crippen LogP contribution in [0.5, 0.6) is 0 Å². The molecule has 0 fully saturated rings. The van der Waals surface area contributed by atoms with E-state index >= 15 is 0 Å². The number of aromatic nitrogens is 2. The Kier molecular flexibility index (Phi) is 4.75. The van der Waals surface area contributed by atoms with Crippen LogP contribution in [-0.2, 0) is 6.54 Å². The Morgan fingerprint density at radius 3 is 2.52 bits per heavy atom. The average molecular weight is 290 g/mol. The number of hydrogen-bond acceptors (Lipinski definition) is 3. The van der Waals surface area contributed by atoms with Gasteiger partial charge in [-0.1, -0.05) is 0 Å². The molecule has 2 aromatic rings. The van der Waals surface area contributed by atoms with Gasteiger partial charge in [0.05, 0.1) is 11.9 Å². The highest BCUT2D eigenvalue weighted by Gasteiger charge is 2.19. The number of rotatable bonds is 6. The first-order valence-corrected chi connectivity index (χ1v) is 7.06. The lowest BCUT2D eigenvalue weighted by Crippen LogP contribution is -2.46. The summed E-state index contributed by atoms with van der Waals surface area (Å²) < 4.78 is 13.0. The highest BCUT2D eigenvalue weighted by Crippen LogP contribution is 2.21. The third kappa shape index (κ3) is 3.89. The zero-order chi connectivity index (χ0) is 15.5. The van der Waals surface area contributed by atoms with Crippen molar-refractivity contribution in [2.75, 3.05) is 20.6 Å². The van der Waals surface area contributed by atoms with E-state index in [4.69, 9.17) is 0 Å². The summed E-state index contributed by atoms with van der Waals surface area (Å²) >= 11 is 0. The summed E-state index contributed by atoms with van der Waals surface area (Å²) in [6.07, 6.45) is 1.81. The molecule has 0 atom stereocenters. The molecular weight excluding hydrogens is 267 g/mol. The fourth-order valence-electron chi connectivity index (χ4n) is 1.97. The molecule has 2 N–H and O–H groups in total. The quantitative estimate of drug-likeness (QED) is 0.859. The van der Waals surface area contributed by atoms with Crippen molar-refractivity contribution in [1.29, 1.82) is 0 Å². The number of benzene rings is 1. The van der Waals surface area contributed by atoms with Gasteiger partial charge in [0, 0.05) is 29.8 Å². The lowest BCUT2D eigenvalue weighted by Gasteiger charge is -2.32. The molecule has 0 aliphatic rings.